The highest BCUT2D eigenvalue weighted by Crippen LogP contribution is 2.35. The minimum Gasteiger partial charge on any atom is -0.506 e. The molecule has 0 atom stereocenters. The second kappa shape index (κ2) is 3.26. The molecule has 0 aliphatic carbocycles. The minimum absolute atomic E-state index is 0.258. The fourth-order valence-electron chi connectivity index (χ4n) is 1.18. The van der Waals surface area contributed by atoms with Crippen LogP contribution in [0.5, 0.6) is 5.75 Å². The maximum Gasteiger partial charge on any atom is 0.151 e. The number of carbonyl (C=O) groups is 1. The summed E-state index contributed by atoms with van der Waals surface area (Å²) in [4.78, 5) is 10.6. The molecule has 0 radical (unpaired) electrons. The van der Waals surface area contributed by atoms with Crippen molar-refractivity contribution in [1.82, 2.24) is 0 Å². The predicted octanol–water partition coefficient (Wildman–Crippen LogP) is 3.02. The smallest absolute Gasteiger partial charge is 0.151 e. The lowest BCUT2D eigenvalue weighted by molar-refractivity contribution is 0.112. The first-order chi connectivity index (χ1) is 6.24. The maximum atomic E-state index is 10.6. The van der Waals surface area contributed by atoms with Gasteiger partial charge in [0.1, 0.15) is 5.75 Å². The number of benzene rings is 1. The average molecular weight is 304 g/mol. The molecule has 1 N–H and O–H groups in total. The molecule has 66 valence electrons. The summed E-state index contributed by atoms with van der Waals surface area (Å²) in [7, 11) is 0. The van der Waals surface area contributed by atoms with Crippen molar-refractivity contribution in [2.45, 2.75) is 0 Å². The summed E-state index contributed by atoms with van der Waals surface area (Å²) in [5.74, 6) is 0.258. The topological polar surface area (TPSA) is 37.3 Å². The van der Waals surface area contributed by atoms with Gasteiger partial charge in [0.15, 0.2) is 6.29 Å². The second-order valence-corrected chi connectivity index (χ2v) is 4.57. The van der Waals surface area contributed by atoms with Gasteiger partial charge in [-0.15, -0.1) is 11.3 Å². The molecule has 2 nitrogen and oxygen atoms in total. The fraction of sp³-hybridized carbons (Fsp3) is 0. The number of aldehydes is 1. The van der Waals surface area contributed by atoms with Gasteiger partial charge in [0.25, 0.3) is 0 Å². The summed E-state index contributed by atoms with van der Waals surface area (Å²) in [6, 6.07) is 3.62. The molecule has 0 aliphatic rings. The Bertz CT molecular complexity index is 476. The van der Waals surface area contributed by atoms with Crippen LogP contribution in [0.25, 0.3) is 10.1 Å². The monoisotopic (exact) mass is 304 g/mol. The van der Waals surface area contributed by atoms with Crippen LogP contribution in [0.15, 0.2) is 17.5 Å². The van der Waals surface area contributed by atoms with Crippen LogP contribution in [0.4, 0.5) is 0 Å². The molecule has 13 heavy (non-hydrogen) atoms. The summed E-state index contributed by atoms with van der Waals surface area (Å²) in [6.07, 6.45) is 0.804. The third-order valence-corrected chi connectivity index (χ3v) is 3.91. The number of thiophene rings is 1. The first-order valence-corrected chi connectivity index (χ1v) is 5.53. The Hall–Kier alpha value is -0.620. The van der Waals surface area contributed by atoms with E-state index in [0.29, 0.717) is 5.56 Å². The standard InChI is InChI=1S/C9H5IO2S/c10-9-5(3-11)1-2-7-8(9)6(12)4-13-7/h1-4,12H. The molecule has 2 rings (SSSR count). The van der Waals surface area contributed by atoms with Gasteiger partial charge in [0.05, 0.1) is 0 Å². The summed E-state index contributed by atoms with van der Waals surface area (Å²) < 4.78 is 1.83. The maximum absolute atomic E-state index is 10.6. The molecule has 1 aromatic heterocycles. The normalized spacial score (nSPS) is 10.5. The van der Waals surface area contributed by atoms with Gasteiger partial charge in [-0.2, -0.15) is 0 Å². The molecule has 0 amide bonds. The number of rotatable bonds is 1. The number of carbonyl (C=O) groups excluding carboxylic acids is 1. The lowest BCUT2D eigenvalue weighted by Gasteiger charge is -1.98. The molecule has 0 spiro atoms. The molecule has 0 bridgehead atoms. The number of hydrogen-bond acceptors (Lipinski definition) is 3. The van der Waals surface area contributed by atoms with Gasteiger partial charge in [-0.1, -0.05) is 0 Å². The number of fused-ring (bicyclic) bond motifs is 1. The summed E-state index contributed by atoms with van der Waals surface area (Å²) in [5, 5.41) is 12.0. The molecule has 4 heteroatoms. The van der Waals surface area contributed by atoms with E-state index in [-0.39, 0.29) is 5.75 Å². The lowest BCUT2D eigenvalue weighted by Crippen LogP contribution is -1.84. The third kappa shape index (κ3) is 1.34. The van der Waals surface area contributed by atoms with Gasteiger partial charge in [-0.3, -0.25) is 4.79 Å². The Kier molecular flexibility index (Phi) is 2.25. The molecule has 0 aliphatic heterocycles. The van der Waals surface area contributed by atoms with Crippen molar-refractivity contribution in [3.63, 3.8) is 0 Å². The molecule has 1 heterocycles. The molecule has 0 unspecified atom stereocenters. The van der Waals surface area contributed by atoms with Gasteiger partial charge in [-0.05, 0) is 34.7 Å². The zero-order valence-electron chi connectivity index (χ0n) is 6.45. The van der Waals surface area contributed by atoms with E-state index in [1.165, 1.54) is 11.3 Å². The first kappa shape index (κ1) is 8.96. The first-order valence-electron chi connectivity index (χ1n) is 3.58. The third-order valence-electron chi connectivity index (χ3n) is 1.81. The van der Waals surface area contributed by atoms with Crippen molar-refractivity contribution < 1.29 is 9.90 Å². The number of aromatic hydroxyl groups is 1. The fourth-order valence-corrected chi connectivity index (χ4v) is 3.06. The quantitative estimate of drug-likeness (QED) is 0.649. The Morgan fingerprint density at radius 1 is 1.46 bits per heavy atom. The van der Waals surface area contributed by atoms with E-state index in [1.807, 2.05) is 6.07 Å². The van der Waals surface area contributed by atoms with Crippen molar-refractivity contribution in [1.29, 1.82) is 0 Å². The van der Waals surface area contributed by atoms with Crippen molar-refractivity contribution in [3.05, 3.63) is 26.6 Å². The molecular formula is C9H5IO2S. The van der Waals surface area contributed by atoms with Crippen LogP contribution in [0, 0.1) is 3.57 Å². The van der Waals surface area contributed by atoms with Crippen LogP contribution in [-0.4, -0.2) is 11.4 Å². The largest absolute Gasteiger partial charge is 0.506 e. The van der Waals surface area contributed by atoms with Crippen LogP contribution < -0.4 is 0 Å². The summed E-state index contributed by atoms with van der Waals surface area (Å²) >= 11 is 3.55. The van der Waals surface area contributed by atoms with E-state index in [4.69, 9.17) is 0 Å². The Labute approximate surface area is 92.3 Å². The van der Waals surface area contributed by atoms with Crippen molar-refractivity contribution in [3.8, 4) is 5.75 Å². The zero-order chi connectivity index (χ0) is 9.42. The minimum atomic E-state index is 0.258. The molecule has 0 fully saturated rings. The van der Waals surface area contributed by atoms with Crippen molar-refractivity contribution in [2.75, 3.05) is 0 Å². The van der Waals surface area contributed by atoms with Gasteiger partial charge in [-0.25, -0.2) is 0 Å². The summed E-state index contributed by atoms with van der Waals surface area (Å²) in [5.41, 5.74) is 0.627. The molecule has 2 aromatic rings. The molecule has 0 saturated heterocycles. The highest BCUT2D eigenvalue weighted by Gasteiger charge is 2.09. The van der Waals surface area contributed by atoms with Gasteiger partial charge in [0.2, 0.25) is 0 Å². The SMILES string of the molecule is O=Cc1ccc2scc(O)c2c1I. The van der Waals surface area contributed by atoms with Crippen LogP contribution in [0.3, 0.4) is 0 Å². The Balaban J connectivity index is 2.91. The van der Waals surface area contributed by atoms with Crippen LogP contribution in [0.1, 0.15) is 10.4 Å². The highest BCUT2D eigenvalue weighted by atomic mass is 127. The Morgan fingerprint density at radius 3 is 2.92 bits per heavy atom. The van der Waals surface area contributed by atoms with E-state index in [0.717, 1.165) is 19.9 Å². The lowest BCUT2D eigenvalue weighted by atomic mass is 10.2. The van der Waals surface area contributed by atoms with E-state index in [1.54, 1.807) is 11.4 Å². The Morgan fingerprint density at radius 2 is 2.23 bits per heavy atom. The van der Waals surface area contributed by atoms with E-state index in [9.17, 15) is 9.90 Å². The summed E-state index contributed by atoms with van der Waals surface area (Å²) in [6.45, 7) is 0. The average Bonchev–Trinajstić information content (AvgIpc) is 2.49. The van der Waals surface area contributed by atoms with Gasteiger partial charge in [0, 0.05) is 24.6 Å². The zero-order valence-corrected chi connectivity index (χ0v) is 9.43. The van der Waals surface area contributed by atoms with Crippen LogP contribution in [-0.2, 0) is 0 Å². The molecular weight excluding hydrogens is 299 g/mol. The van der Waals surface area contributed by atoms with E-state index in [2.05, 4.69) is 22.6 Å². The van der Waals surface area contributed by atoms with Crippen molar-refractivity contribution in [2.24, 2.45) is 0 Å². The van der Waals surface area contributed by atoms with Crippen LogP contribution in [0.2, 0.25) is 0 Å². The van der Waals surface area contributed by atoms with Gasteiger partial charge >= 0.3 is 0 Å². The van der Waals surface area contributed by atoms with Crippen molar-refractivity contribution >= 4 is 50.3 Å². The second-order valence-electron chi connectivity index (χ2n) is 2.58. The highest BCUT2D eigenvalue weighted by molar-refractivity contribution is 14.1. The molecule has 0 saturated carbocycles. The molecule has 1 aromatic carbocycles. The van der Waals surface area contributed by atoms with Crippen LogP contribution >= 0.6 is 33.9 Å². The number of halogens is 1. The van der Waals surface area contributed by atoms with E-state index < -0.39 is 0 Å². The predicted molar refractivity (Wildman–Crippen MR) is 61.6 cm³/mol. The van der Waals surface area contributed by atoms with Gasteiger partial charge < -0.3 is 5.11 Å². The van der Waals surface area contributed by atoms with E-state index >= 15 is 0 Å². The number of hydrogen-bond donors (Lipinski definition) is 1.